The Hall–Kier alpha value is -0.490. The first-order valence-electron chi connectivity index (χ1n) is 6.09. The van der Waals surface area contributed by atoms with Crippen LogP contribution in [0.25, 0.3) is 0 Å². The van der Waals surface area contributed by atoms with Crippen LogP contribution in [-0.4, -0.2) is 30.8 Å². The minimum atomic E-state index is 0.119. The highest BCUT2D eigenvalue weighted by Gasteiger charge is 2.05. The molecule has 1 unspecified atom stereocenters. The molecule has 0 aliphatic carbocycles. The summed E-state index contributed by atoms with van der Waals surface area (Å²) in [5.41, 5.74) is 1.01. The summed E-state index contributed by atoms with van der Waals surface area (Å²) in [6.07, 6.45) is 0.119. The average molecular weight is 258 g/mol. The maximum absolute atomic E-state index is 5.65. The van der Waals surface area contributed by atoms with Gasteiger partial charge in [0.05, 0.1) is 25.0 Å². The Kier molecular flexibility index (Phi) is 7.35. The fraction of sp³-hybridized carbons (Fsp3) is 0.750. The van der Waals surface area contributed by atoms with Gasteiger partial charge in [0.25, 0.3) is 0 Å². The second-order valence-corrected chi connectivity index (χ2v) is 4.74. The summed E-state index contributed by atoms with van der Waals surface area (Å²) in [4.78, 5) is 4.49. The van der Waals surface area contributed by atoms with Gasteiger partial charge in [-0.1, -0.05) is 6.92 Å². The molecule has 0 aromatic carbocycles. The van der Waals surface area contributed by atoms with E-state index in [2.05, 4.69) is 22.6 Å². The molecule has 0 saturated carbocycles. The molecule has 1 heterocycles. The van der Waals surface area contributed by atoms with Crippen molar-refractivity contribution >= 4 is 11.3 Å². The van der Waals surface area contributed by atoms with Gasteiger partial charge in [0.1, 0.15) is 5.01 Å². The van der Waals surface area contributed by atoms with Crippen LogP contribution in [0.4, 0.5) is 0 Å². The van der Waals surface area contributed by atoms with Gasteiger partial charge < -0.3 is 14.8 Å². The van der Waals surface area contributed by atoms with Crippen LogP contribution in [0.2, 0.25) is 0 Å². The van der Waals surface area contributed by atoms with E-state index in [1.165, 1.54) is 0 Å². The van der Waals surface area contributed by atoms with Crippen molar-refractivity contribution in [2.75, 3.05) is 19.8 Å². The van der Waals surface area contributed by atoms with Crippen LogP contribution >= 0.6 is 11.3 Å². The number of nitrogens with one attached hydrogen (secondary N) is 1. The fourth-order valence-electron chi connectivity index (χ4n) is 1.29. The molecular weight excluding hydrogens is 236 g/mol. The van der Waals surface area contributed by atoms with Crippen LogP contribution in [0, 0.1) is 0 Å². The van der Waals surface area contributed by atoms with Crippen LogP contribution in [0.1, 0.15) is 31.5 Å². The van der Waals surface area contributed by atoms with Crippen molar-refractivity contribution in [1.82, 2.24) is 10.3 Å². The molecule has 0 radical (unpaired) electrons. The van der Waals surface area contributed by atoms with Crippen molar-refractivity contribution in [1.29, 1.82) is 0 Å². The fourth-order valence-corrected chi connectivity index (χ4v) is 2.04. The maximum atomic E-state index is 5.65. The van der Waals surface area contributed by atoms with Crippen molar-refractivity contribution < 1.29 is 9.47 Å². The van der Waals surface area contributed by atoms with E-state index < -0.39 is 0 Å². The molecule has 0 aliphatic heterocycles. The van der Waals surface area contributed by atoms with E-state index in [0.29, 0.717) is 13.2 Å². The second kappa shape index (κ2) is 8.58. The van der Waals surface area contributed by atoms with Crippen molar-refractivity contribution in [2.45, 2.75) is 40.0 Å². The number of hydrogen-bond acceptors (Lipinski definition) is 5. The zero-order valence-corrected chi connectivity index (χ0v) is 11.7. The molecule has 1 rings (SSSR count). The van der Waals surface area contributed by atoms with Crippen molar-refractivity contribution in [3.8, 4) is 0 Å². The summed E-state index contributed by atoms with van der Waals surface area (Å²) >= 11 is 1.67. The highest BCUT2D eigenvalue weighted by molar-refractivity contribution is 7.09. The van der Waals surface area contributed by atoms with Gasteiger partial charge in [-0.2, -0.15) is 0 Å². The summed E-state index contributed by atoms with van der Waals surface area (Å²) in [5.74, 6) is 0. The van der Waals surface area contributed by atoms with Crippen molar-refractivity contribution in [2.24, 2.45) is 0 Å². The number of nitrogens with zero attached hydrogens (tertiary/aromatic N) is 1. The third-order valence-corrected chi connectivity index (χ3v) is 3.10. The summed E-state index contributed by atoms with van der Waals surface area (Å²) in [6.45, 7) is 9.85. The van der Waals surface area contributed by atoms with Gasteiger partial charge in [-0.05, 0) is 20.4 Å². The zero-order valence-electron chi connectivity index (χ0n) is 10.9. The first-order chi connectivity index (χ1) is 8.26. The first kappa shape index (κ1) is 14.6. The van der Waals surface area contributed by atoms with Crippen LogP contribution in [0.15, 0.2) is 5.38 Å². The molecule has 1 aromatic heterocycles. The predicted molar refractivity (Wildman–Crippen MR) is 70.2 cm³/mol. The number of hydrogen-bond donors (Lipinski definition) is 1. The predicted octanol–water partition coefficient (Wildman–Crippen LogP) is 2.19. The Bertz CT molecular complexity index is 304. The Balaban J connectivity index is 2.24. The number of aromatic nitrogens is 1. The lowest BCUT2D eigenvalue weighted by Gasteiger charge is -2.11. The van der Waals surface area contributed by atoms with Gasteiger partial charge in [-0.25, -0.2) is 4.98 Å². The molecule has 0 saturated heterocycles. The standard InChI is InChI=1S/C12H22N2O2S/c1-4-13-6-12-14-11(9-17-12)8-16-10(3)7-15-5-2/h9-10,13H,4-8H2,1-3H3. The van der Waals surface area contributed by atoms with Gasteiger partial charge in [-0.3, -0.25) is 0 Å². The van der Waals surface area contributed by atoms with Crippen molar-refractivity contribution in [3.63, 3.8) is 0 Å². The number of rotatable bonds is 9. The van der Waals surface area contributed by atoms with Gasteiger partial charge in [0.2, 0.25) is 0 Å². The molecule has 98 valence electrons. The molecule has 1 N–H and O–H groups in total. The Morgan fingerprint density at radius 3 is 3.00 bits per heavy atom. The van der Waals surface area contributed by atoms with Gasteiger partial charge in [0, 0.05) is 18.5 Å². The monoisotopic (exact) mass is 258 g/mol. The minimum absolute atomic E-state index is 0.119. The molecule has 0 spiro atoms. The third-order valence-electron chi connectivity index (χ3n) is 2.20. The highest BCUT2D eigenvalue weighted by atomic mass is 32.1. The molecule has 1 atom stereocenters. The second-order valence-electron chi connectivity index (χ2n) is 3.79. The molecule has 0 aliphatic rings. The SMILES string of the molecule is CCNCc1nc(COC(C)COCC)cs1. The van der Waals surface area contributed by atoms with E-state index in [-0.39, 0.29) is 6.10 Å². The Morgan fingerprint density at radius 1 is 1.47 bits per heavy atom. The summed E-state index contributed by atoms with van der Waals surface area (Å²) in [5, 5.41) is 6.43. The van der Waals surface area contributed by atoms with Crippen molar-refractivity contribution in [3.05, 3.63) is 16.1 Å². The lowest BCUT2D eigenvalue weighted by atomic mass is 10.4. The summed E-state index contributed by atoms with van der Waals surface area (Å²) < 4.78 is 10.9. The Labute approximate surface area is 107 Å². The smallest absolute Gasteiger partial charge is 0.107 e. The average Bonchev–Trinajstić information content (AvgIpc) is 2.79. The minimum Gasteiger partial charge on any atom is -0.379 e. The van der Waals surface area contributed by atoms with Crippen LogP contribution in [0.3, 0.4) is 0 Å². The molecule has 17 heavy (non-hydrogen) atoms. The van der Waals surface area contributed by atoms with E-state index in [0.717, 1.165) is 30.4 Å². The molecule has 1 aromatic rings. The van der Waals surface area contributed by atoms with Crippen LogP contribution in [-0.2, 0) is 22.6 Å². The zero-order chi connectivity index (χ0) is 12.5. The van der Waals surface area contributed by atoms with Gasteiger partial charge in [0.15, 0.2) is 0 Å². The molecule has 5 heteroatoms. The number of ether oxygens (including phenoxy) is 2. The molecule has 0 amide bonds. The molecule has 4 nitrogen and oxygen atoms in total. The largest absolute Gasteiger partial charge is 0.379 e. The van der Waals surface area contributed by atoms with Gasteiger partial charge >= 0.3 is 0 Å². The lowest BCUT2D eigenvalue weighted by molar-refractivity contribution is -0.0126. The normalized spacial score (nSPS) is 12.9. The Morgan fingerprint density at radius 2 is 2.29 bits per heavy atom. The van der Waals surface area contributed by atoms with E-state index in [4.69, 9.17) is 9.47 Å². The highest BCUT2D eigenvalue weighted by Crippen LogP contribution is 2.11. The summed E-state index contributed by atoms with van der Waals surface area (Å²) in [6, 6.07) is 0. The van der Waals surface area contributed by atoms with Crippen LogP contribution in [0.5, 0.6) is 0 Å². The topological polar surface area (TPSA) is 43.4 Å². The quantitative estimate of drug-likeness (QED) is 0.737. The lowest BCUT2D eigenvalue weighted by Crippen LogP contribution is -2.16. The third kappa shape index (κ3) is 6.12. The van der Waals surface area contributed by atoms with E-state index in [1.807, 2.05) is 13.8 Å². The molecule has 0 bridgehead atoms. The van der Waals surface area contributed by atoms with E-state index in [9.17, 15) is 0 Å². The number of thiazole rings is 1. The molecular formula is C12H22N2O2S. The van der Waals surface area contributed by atoms with E-state index in [1.54, 1.807) is 11.3 Å². The maximum Gasteiger partial charge on any atom is 0.107 e. The van der Waals surface area contributed by atoms with E-state index >= 15 is 0 Å². The van der Waals surface area contributed by atoms with Gasteiger partial charge in [-0.15, -0.1) is 11.3 Å². The van der Waals surface area contributed by atoms with Crippen LogP contribution < -0.4 is 5.32 Å². The first-order valence-corrected chi connectivity index (χ1v) is 6.97. The summed E-state index contributed by atoms with van der Waals surface area (Å²) in [7, 11) is 0. The molecule has 0 fully saturated rings.